The summed E-state index contributed by atoms with van der Waals surface area (Å²) in [5.41, 5.74) is 26.1. The molecule has 9 aliphatic heterocycles. The Morgan fingerprint density at radius 2 is 0.571 bits per heavy atom. The monoisotopic (exact) mass is 1250 g/mol. The van der Waals surface area contributed by atoms with Crippen LogP contribution in [0, 0.1) is 12.1 Å². The van der Waals surface area contributed by atoms with Crippen molar-refractivity contribution in [1.29, 1.82) is 0 Å². The maximum absolute atomic E-state index is 6.88. The second kappa shape index (κ2) is 19.6. The summed E-state index contributed by atoms with van der Waals surface area (Å²) in [7, 11) is 0. The second-order valence-corrected chi connectivity index (χ2v) is 24.1. The van der Waals surface area contributed by atoms with E-state index in [1.54, 1.807) is 0 Å². The number of ether oxygens (including phenoxy) is 1. The molecule has 0 unspecified atom stereocenters. The zero-order valence-electron chi connectivity index (χ0n) is 45.2. The molecule has 0 fully saturated rings. The van der Waals surface area contributed by atoms with Crippen molar-refractivity contribution in [1.82, 2.24) is 0 Å². The summed E-state index contributed by atoms with van der Waals surface area (Å²) in [6, 6.07) is 106. The Kier molecular flexibility index (Phi) is 11.3. The van der Waals surface area contributed by atoms with Gasteiger partial charge in [-0.3, -0.25) is 0 Å². The molecule has 12 aromatic rings. The van der Waals surface area contributed by atoms with E-state index in [0.717, 1.165) is 143 Å². The third kappa shape index (κ3) is 8.11. The number of fused-ring (bicyclic) bond motifs is 14. The van der Waals surface area contributed by atoms with Crippen molar-refractivity contribution in [3.8, 4) is 78.3 Å². The topological polar surface area (TPSA) is 22.2 Å². The van der Waals surface area contributed by atoms with Gasteiger partial charge in [-0.05, 0) is 0 Å². The third-order valence-electron chi connectivity index (χ3n) is 16.5. The first kappa shape index (κ1) is 48.3. The standard InChI is InChI=1S/C78H48N4O.Pt/c1-3-13-57(14-4-1)63-45-69-59-37-29-53(30-38-59)25-27-55-33-41-61(42-34-55)71-47-64(58-15-5-2-6-16-58)48-72-62-43-35-56(36-44-62)28-26-54-31-39-60(40-32-54)70(46-63)77(69)81-51-79(73-21-7-9-23-75(73)81)65-17-11-19-67(49-65)83-68-20-12-18-66(50-68)80-52-82(78(71)72)76-24-10-8-22-74(76)80;/h1-48H;/q-2;. The molecule has 398 valence electrons. The van der Waals surface area contributed by atoms with Crippen LogP contribution in [0.1, 0.15) is 22.3 Å². The zero-order valence-corrected chi connectivity index (χ0v) is 47.5. The number of hydrogen-bond donors (Lipinski definition) is 0. The first-order valence-corrected chi connectivity index (χ1v) is 30.6. The van der Waals surface area contributed by atoms with E-state index in [4.69, 9.17) is 4.74 Å². The van der Waals surface area contributed by atoms with Gasteiger partial charge in [0.2, 0.25) is 0 Å². The van der Waals surface area contributed by atoms with E-state index in [0.29, 0.717) is 11.5 Å². The number of hydrogen-bond acceptors (Lipinski definition) is 5. The number of para-hydroxylation sites is 4. The molecule has 0 saturated carbocycles. The van der Waals surface area contributed by atoms with Gasteiger partial charge in [0.05, 0.1) is 0 Å². The van der Waals surface area contributed by atoms with Crippen LogP contribution in [-0.2, 0) is 17.6 Å². The van der Waals surface area contributed by atoms with E-state index in [-0.39, 0.29) is 0 Å². The number of rotatable bonds is 2. The summed E-state index contributed by atoms with van der Waals surface area (Å²) in [5, 5.41) is 0. The molecule has 16 bridgehead atoms. The molecule has 9 heterocycles. The molecule has 21 rings (SSSR count). The Balaban J connectivity index is 1.11. The van der Waals surface area contributed by atoms with Crippen molar-refractivity contribution in [2.45, 2.75) is 0 Å². The molecular formula is C78H48N4OPt-2. The van der Waals surface area contributed by atoms with E-state index in [1.807, 2.05) is 12.1 Å². The van der Waals surface area contributed by atoms with Gasteiger partial charge in [-0.1, -0.05) is 0 Å². The summed E-state index contributed by atoms with van der Waals surface area (Å²) in [6.45, 7) is 0. The van der Waals surface area contributed by atoms with Gasteiger partial charge in [0, 0.05) is 0 Å². The SMILES string of the molecule is [c-]1c2cccc1N1[C]3=[Pt]=[C]4N(c5[c-]c(ccc5)O2)c2ccccc2N4c2c4cc(-c5ccccc5)cc2-c2ccc(cc2)C=Cc2ccc(cc2)-c2cc(-c5ccccc5)cc(c2N3c2ccccc21)-c1ccc(cc1)C=Cc1ccc-4cc1. The fourth-order valence-electron chi connectivity index (χ4n) is 12.4. The number of anilines is 8. The van der Waals surface area contributed by atoms with Gasteiger partial charge in [0.25, 0.3) is 0 Å². The Labute approximate surface area is 496 Å². The van der Waals surface area contributed by atoms with Gasteiger partial charge in [0.15, 0.2) is 0 Å². The van der Waals surface area contributed by atoms with Gasteiger partial charge in [-0.2, -0.15) is 0 Å². The number of nitrogens with zero attached hydrogens (tertiary/aromatic N) is 4. The van der Waals surface area contributed by atoms with E-state index >= 15 is 0 Å². The van der Waals surface area contributed by atoms with E-state index in [9.17, 15) is 0 Å². The molecule has 5 nitrogen and oxygen atoms in total. The van der Waals surface area contributed by atoms with E-state index < -0.39 is 17.6 Å². The maximum atomic E-state index is 6.88. The zero-order chi connectivity index (χ0) is 55.2. The van der Waals surface area contributed by atoms with Crippen LogP contribution in [0.25, 0.3) is 91.1 Å². The molecule has 9 aliphatic rings. The Hall–Kier alpha value is -10.5. The Bertz CT molecular complexity index is 4330. The molecule has 0 aromatic heterocycles. The van der Waals surface area contributed by atoms with Crippen molar-refractivity contribution in [3.63, 3.8) is 0 Å². The van der Waals surface area contributed by atoms with Gasteiger partial charge in [-0.15, -0.1) is 0 Å². The van der Waals surface area contributed by atoms with Crippen molar-refractivity contribution < 1.29 is 22.4 Å². The second-order valence-electron chi connectivity index (χ2n) is 21.5. The fourth-order valence-corrected chi connectivity index (χ4v) is 16.0. The van der Waals surface area contributed by atoms with Crippen molar-refractivity contribution >= 4 is 78.1 Å². The van der Waals surface area contributed by atoms with Crippen LogP contribution in [0.5, 0.6) is 11.5 Å². The average Bonchev–Trinajstić information content (AvgIpc) is 2.91. The van der Waals surface area contributed by atoms with Crippen LogP contribution in [0.15, 0.2) is 267 Å². The molecule has 0 saturated heterocycles. The predicted octanol–water partition coefficient (Wildman–Crippen LogP) is 19.9. The molecule has 0 amide bonds. The van der Waals surface area contributed by atoms with Crippen molar-refractivity contribution in [3.05, 3.63) is 301 Å². The molecule has 6 heteroatoms. The summed E-state index contributed by atoms with van der Waals surface area (Å²) >= 11 is -1.35. The summed E-state index contributed by atoms with van der Waals surface area (Å²) in [6.07, 6.45) is 8.94. The Morgan fingerprint density at radius 1 is 0.262 bits per heavy atom. The van der Waals surface area contributed by atoms with E-state index in [1.165, 1.54) is 0 Å². The summed E-state index contributed by atoms with van der Waals surface area (Å²) in [4.78, 5) is 10.2. The summed E-state index contributed by atoms with van der Waals surface area (Å²) < 4.78 is 9.14. The third-order valence-corrected chi connectivity index (χ3v) is 19.5. The first-order chi connectivity index (χ1) is 41.6. The Morgan fingerprint density at radius 3 is 0.905 bits per heavy atom. The van der Waals surface area contributed by atoms with Crippen molar-refractivity contribution in [2.24, 2.45) is 0 Å². The average molecular weight is 1250 g/mol. The van der Waals surface area contributed by atoms with Gasteiger partial charge >= 0.3 is 500 Å². The molecule has 0 N–H and O–H groups in total. The van der Waals surface area contributed by atoms with Gasteiger partial charge in [0.1, 0.15) is 0 Å². The van der Waals surface area contributed by atoms with Crippen LogP contribution < -0.4 is 24.3 Å². The van der Waals surface area contributed by atoms with Crippen LogP contribution in [0.4, 0.5) is 45.5 Å². The van der Waals surface area contributed by atoms with Crippen molar-refractivity contribution in [2.75, 3.05) is 19.6 Å². The van der Waals surface area contributed by atoms with Crippen LogP contribution >= 0.6 is 0 Å². The number of benzene rings is 12. The molecule has 0 spiro atoms. The van der Waals surface area contributed by atoms with Gasteiger partial charge in [-0.25, -0.2) is 0 Å². The molecule has 0 atom stereocenters. The molecular weight excluding hydrogens is 1200 g/mol. The normalized spacial score (nSPS) is 13.9. The van der Waals surface area contributed by atoms with E-state index in [2.05, 4.69) is 311 Å². The predicted molar refractivity (Wildman–Crippen MR) is 345 cm³/mol. The van der Waals surface area contributed by atoms with Crippen LogP contribution in [0.3, 0.4) is 0 Å². The van der Waals surface area contributed by atoms with Gasteiger partial charge < -0.3 is 0 Å². The summed E-state index contributed by atoms with van der Waals surface area (Å²) in [5.74, 6) is 1.22. The van der Waals surface area contributed by atoms with Crippen LogP contribution in [0.2, 0.25) is 0 Å². The minimum absolute atomic E-state index is 0.610. The molecule has 0 radical (unpaired) electrons. The molecule has 12 aromatic carbocycles. The fraction of sp³-hybridized carbons (Fsp3) is 0. The molecule has 84 heavy (non-hydrogen) atoms. The quantitative estimate of drug-likeness (QED) is 0.160. The minimum atomic E-state index is -1.35. The molecule has 0 aliphatic carbocycles. The first-order valence-electron chi connectivity index (χ1n) is 28.3. The van der Waals surface area contributed by atoms with Crippen LogP contribution in [-0.4, -0.2) is 8.29 Å².